The number of Topliss-reactive ketones (excluding diaryl/α,β-unsaturated/α-hetero) is 1. The maximum absolute atomic E-state index is 10.1. The fraction of sp³-hybridized carbons (Fsp3) is 0.700. The number of carbonyl (C=O) groups excluding carboxylic acids is 1. The van der Waals surface area contributed by atoms with Gasteiger partial charge in [-0.15, -0.1) is 12.6 Å². The van der Waals surface area contributed by atoms with Crippen LogP contribution in [0.15, 0.2) is 0 Å². The Morgan fingerprint density at radius 1 is 1.15 bits per heavy atom. The van der Waals surface area contributed by atoms with Crippen LogP contribution in [0.5, 0.6) is 0 Å². The second-order valence-corrected chi connectivity index (χ2v) is 11.0. The first-order chi connectivity index (χ1) is 8.27. The van der Waals surface area contributed by atoms with Crippen LogP contribution in [-0.2, 0) is 14.9 Å². The molecule has 0 aromatic rings. The van der Waals surface area contributed by atoms with E-state index in [0.29, 0.717) is 12.7 Å². The van der Waals surface area contributed by atoms with Gasteiger partial charge in [0.05, 0.1) is 6.26 Å². The lowest BCUT2D eigenvalue weighted by molar-refractivity contribution is -0.293. The molecule has 1 N–H and O–H groups in total. The SMILES string of the molecule is C=P(C)(C)[O-].C=P(C)([O-])[O-].CCC(C)=O.CS(=O)(=O)O. The summed E-state index contributed by atoms with van der Waals surface area (Å²) in [6.45, 7) is 7.77. The van der Waals surface area contributed by atoms with E-state index >= 15 is 0 Å². The zero-order chi connectivity index (χ0) is 17.8. The second kappa shape index (κ2) is 12.8. The molecule has 10 heteroatoms. The van der Waals surface area contributed by atoms with E-state index in [1.54, 1.807) is 20.3 Å². The standard InChI is InChI=1S/C4H8O.C3H8OP.C2H5O2P.CH4O3S/c1-3-4(2)5;3*1-5(2,3)4/h3H2,1-2H3;1H2,2-3H3;1H2,2H3;1H3,(H,2,3,4)/q;-1;-2;. The van der Waals surface area contributed by atoms with Gasteiger partial charge in [-0.3, -0.25) is 11.9 Å². The second-order valence-electron chi connectivity index (χ2n) is 4.38. The van der Waals surface area contributed by atoms with Crippen LogP contribution in [0, 0.1) is 0 Å². The summed E-state index contributed by atoms with van der Waals surface area (Å²) in [4.78, 5) is 39.0. The third kappa shape index (κ3) is 1240. The summed E-state index contributed by atoms with van der Waals surface area (Å²) in [5.74, 6) is 0.255. The highest BCUT2D eigenvalue weighted by Gasteiger charge is 1.81. The smallest absolute Gasteiger partial charge is 0.261 e. The fourth-order valence-corrected chi connectivity index (χ4v) is 0. The Balaban J connectivity index is -0.0000000853. The highest BCUT2D eigenvalue weighted by Crippen LogP contribution is 2.19. The van der Waals surface area contributed by atoms with E-state index < -0.39 is 24.6 Å². The van der Waals surface area contributed by atoms with Gasteiger partial charge in [0.25, 0.3) is 10.1 Å². The molecular formula is C10H25O7P2S-3. The maximum atomic E-state index is 10.1. The van der Waals surface area contributed by atoms with Crippen molar-refractivity contribution in [1.29, 1.82) is 0 Å². The molecule has 20 heavy (non-hydrogen) atoms. The minimum Gasteiger partial charge on any atom is -0.841 e. The van der Waals surface area contributed by atoms with Crippen LogP contribution in [-0.4, -0.2) is 57.6 Å². The molecule has 0 rings (SSSR count). The zero-order valence-electron chi connectivity index (χ0n) is 12.8. The molecule has 0 aliphatic carbocycles. The Morgan fingerprint density at radius 2 is 1.20 bits per heavy atom. The van der Waals surface area contributed by atoms with Crippen molar-refractivity contribution in [3.63, 3.8) is 0 Å². The van der Waals surface area contributed by atoms with Crippen molar-refractivity contribution in [2.45, 2.75) is 20.3 Å². The average molecular weight is 351 g/mol. The molecule has 0 bridgehead atoms. The summed E-state index contributed by atoms with van der Waals surface area (Å²) in [5, 5.41) is 0. The normalized spacial score (nSPS) is 10.7. The summed E-state index contributed by atoms with van der Waals surface area (Å²) >= 11 is 0. The predicted molar refractivity (Wildman–Crippen MR) is 84.3 cm³/mol. The van der Waals surface area contributed by atoms with Gasteiger partial charge in [0, 0.05) is 6.42 Å². The minimum absolute atomic E-state index is 0.255. The van der Waals surface area contributed by atoms with Crippen LogP contribution in [0.25, 0.3) is 0 Å². The van der Waals surface area contributed by atoms with Crippen LogP contribution >= 0.6 is 14.5 Å². The van der Waals surface area contributed by atoms with Crippen molar-refractivity contribution in [1.82, 2.24) is 0 Å². The van der Waals surface area contributed by atoms with Crippen molar-refractivity contribution in [3.05, 3.63) is 0 Å². The van der Waals surface area contributed by atoms with Gasteiger partial charge in [0.2, 0.25) is 0 Å². The van der Waals surface area contributed by atoms with E-state index in [1.807, 2.05) is 6.92 Å². The lowest BCUT2D eigenvalue weighted by Gasteiger charge is -2.32. The molecule has 126 valence electrons. The molecule has 0 aliphatic rings. The summed E-state index contributed by atoms with van der Waals surface area (Å²) in [6.07, 6.45) is 7.48. The van der Waals surface area contributed by atoms with Crippen molar-refractivity contribution in [2.24, 2.45) is 0 Å². The van der Waals surface area contributed by atoms with Gasteiger partial charge in [0.1, 0.15) is 5.78 Å². The Bertz CT molecular complexity index is 386. The highest BCUT2D eigenvalue weighted by atomic mass is 32.2. The van der Waals surface area contributed by atoms with Crippen LogP contribution < -0.4 is 14.7 Å². The molecule has 0 radical (unpaired) electrons. The van der Waals surface area contributed by atoms with Crippen LogP contribution in [0.4, 0.5) is 0 Å². The Hall–Kier alpha value is 0.0600. The van der Waals surface area contributed by atoms with Gasteiger partial charge in [-0.25, -0.2) is 7.11 Å². The number of rotatable bonds is 1. The molecular weight excluding hydrogens is 326 g/mol. The summed E-state index contributed by atoms with van der Waals surface area (Å²) < 4.78 is 25.9. The molecule has 0 spiro atoms. The minimum atomic E-state index is -3.67. The first-order valence-electron chi connectivity index (χ1n) is 5.21. The van der Waals surface area contributed by atoms with Crippen LogP contribution in [0.3, 0.4) is 0 Å². The van der Waals surface area contributed by atoms with Crippen molar-refractivity contribution in [2.75, 3.05) is 26.3 Å². The van der Waals surface area contributed by atoms with E-state index in [9.17, 15) is 27.9 Å². The summed E-state index contributed by atoms with van der Waals surface area (Å²) in [5.41, 5.74) is 0. The molecule has 0 atom stereocenters. The predicted octanol–water partition coefficient (Wildman–Crippen LogP) is -0.923. The van der Waals surface area contributed by atoms with Crippen LogP contribution in [0.1, 0.15) is 20.3 Å². The number of ketones is 1. The molecule has 0 aromatic heterocycles. The van der Waals surface area contributed by atoms with Gasteiger partial charge < -0.3 is 19.5 Å². The van der Waals surface area contributed by atoms with E-state index in [-0.39, 0.29) is 5.78 Å². The topological polar surface area (TPSA) is 141 Å². The molecule has 7 nitrogen and oxygen atoms in total. The van der Waals surface area contributed by atoms with Crippen molar-refractivity contribution < 1.29 is 32.4 Å². The Morgan fingerprint density at radius 3 is 1.20 bits per heavy atom. The maximum Gasteiger partial charge on any atom is 0.261 e. The first-order valence-corrected chi connectivity index (χ1v) is 12.1. The summed E-state index contributed by atoms with van der Waals surface area (Å²) in [6, 6.07) is 0. The molecule has 0 fully saturated rings. The molecule has 0 saturated carbocycles. The van der Waals surface area contributed by atoms with E-state index in [4.69, 9.17) is 4.55 Å². The third-order valence-corrected chi connectivity index (χ3v) is 0.498. The first kappa shape index (κ1) is 28.3. The van der Waals surface area contributed by atoms with E-state index in [0.717, 1.165) is 6.66 Å². The lowest BCUT2D eigenvalue weighted by Crippen LogP contribution is -2.11. The quantitative estimate of drug-likeness (QED) is 0.475. The van der Waals surface area contributed by atoms with Gasteiger partial charge in [0.15, 0.2) is 0 Å². The van der Waals surface area contributed by atoms with Crippen molar-refractivity contribution >= 4 is 43.0 Å². The van der Waals surface area contributed by atoms with Crippen molar-refractivity contribution in [3.8, 4) is 0 Å². The number of hydrogen-bond donors (Lipinski definition) is 1. The number of hydrogen-bond acceptors (Lipinski definition) is 6. The van der Waals surface area contributed by atoms with Gasteiger partial charge in [-0.1, -0.05) is 26.9 Å². The largest absolute Gasteiger partial charge is 0.841 e. The molecule has 0 saturated heterocycles. The molecule has 0 aromatic carbocycles. The molecule has 0 heterocycles. The summed E-state index contributed by atoms with van der Waals surface area (Å²) in [7, 11) is -8.69. The number of carbonyl (C=O) groups is 1. The molecule has 0 aliphatic heterocycles. The molecule has 0 amide bonds. The van der Waals surface area contributed by atoms with Crippen LogP contribution in [0.2, 0.25) is 0 Å². The highest BCUT2D eigenvalue weighted by molar-refractivity contribution is 7.85. The Kier molecular flexibility index (Phi) is 18.0. The zero-order valence-corrected chi connectivity index (χ0v) is 15.4. The van der Waals surface area contributed by atoms with Gasteiger partial charge >= 0.3 is 0 Å². The average Bonchev–Trinajstić information content (AvgIpc) is 1.93. The van der Waals surface area contributed by atoms with Gasteiger partial charge in [-0.2, -0.15) is 8.42 Å². The van der Waals surface area contributed by atoms with Gasteiger partial charge in [-0.05, 0) is 6.92 Å². The van der Waals surface area contributed by atoms with E-state index in [2.05, 4.69) is 12.6 Å². The monoisotopic (exact) mass is 351 g/mol. The lowest BCUT2D eigenvalue weighted by atomic mass is 10.4. The Labute approximate surface area is 122 Å². The fourth-order valence-electron chi connectivity index (χ4n) is 0. The van der Waals surface area contributed by atoms with E-state index in [1.165, 1.54) is 0 Å². The molecule has 0 unspecified atom stereocenters. The third-order valence-electron chi connectivity index (χ3n) is 0.498.